The summed E-state index contributed by atoms with van der Waals surface area (Å²) < 4.78 is 12.9. The largest absolute Gasteiger partial charge is 0.491 e. The highest BCUT2D eigenvalue weighted by molar-refractivity contribution is 5.81. The number of carbonyl (C=O) groups is 1. The highest BCUT2D eigenvalue weighted by Crippen LogP contribution is 2.27. The van der Waals surface area contributed by atoms with Crippen molar-refractivity contribution in [3.05, 3.63) is 42.7 Å². The number of ether oxygens (including phenoxy) is 2. The predicted molar refractivity (Wildman–Crippen MR) is 96.2 cm³/mol. The van der Waals surface area contributed by atoms with Gasteiger partial charge >= 0.3 is 0 Å². The average Bonchev–Trinajstić information content (AvgIpc) is 3.08. The number of amides is 1. The van der Waals surface area contributed by atoms with E-state index in [1.54, 1.807) is 16.8 Å². The topological polar surface area (TPSA) is 89.8 Å². The predicted octanol–water partition coefficient (Wildman–Crippen LogP) is 1.33. The molecule has 1 aliphatic heterocycles. The van der Waals surface area contributed by atoms with Crippen LogP contribution in [-0.2, 0) is 9.53 Å². The number of nitrogens with zero attached hydrogens (tertiary/aromatic N) is 3. The molecular weight excluding hydrogens is 334 g/mol. The fourth-order valence-corrected chi connectivity index (χ4v) is 2.74. The molecule has 0 unspecified atom stereocenters. The van der Waals surface area contributed by atoms with Gasteiger partial charge in [-0.2, -0.15) is 5.10 Å². The minimum atomic E-state index is -0.115. The summed E-state index contributed by atoms with van der Waals surface area (Å²) in [6.45, 7) is 1.94. The summed E-state index contributed by atoms with van der Waals surface area (Å²) in [4.78, 5) is 16.5. The second-order valence-corrected chi connectivity index (χ2v) is 5.83. The summed E-state index contributed by atoms with van der Waals surface area (Å²) in [6.07, 6.45) is 3.59. The highest BCUT2D eigenvalue weighted by atomic mass is 16.5. The molecule has 1 amide bonds. The van der Waals surface area contributed by atoms with Gasteiger partial charge in [-0.1, -0.05) is 12.1 Å². The molecule has 0 aliphatic carbocycles. The Bertz CT molecular complexity index is 924. The van der Waals surface area contributed by atoms with Crippen molar-refractivity contribution >= 4 is 17.4 Å². The molecule has 0 radical (unpaired) electrons. The molecule has 1 aliphatic rings. The van der Waals surface area contributed by atoms with E-state index in [1.165, 1.54) is 0 Å². The standard InChI is InChI=1S/C18H19N5O3/c24-17-12-20-16-4-6-23-18(22-16)15(11-21-23)13-2-1-3-14(10-13)26-9-8-25-7-5-19-17/h1-4,6,10-11H,5,7-9,12H2,(H,19,24)(H,20,22). The quantitative estimate of drug-likeness (QED) is 0.634. The maximum atomic E-state index is 11.9. The van der Waals surface area contributed by atoms with E-state index in [4.69, 9.17) is 9.47 Å². The summed E-state index contributed by atoms with van der Waals surface area (Å²) in [5.41, 5.74) is 2.56. The molecule has 8 nitrogen and oxygen atoms in total. The van der Waals surface area contributed by atoms with Crippen LogP contribution >= 0.6 is 0 Å². The summed E-state index contributed by atoms with van der Waals surface area (Å²) >= 11 is 0. The van der Waals surface area contributed by atoms with Gasteiger partial charge in [-0.25, -0.2) is 9.50 Å². The number of aromatic nitrogens is 3. The Balaban J connectivity index is 1.70. The molecule has 1 aromatic carbocycles. The first-order valence-corrected chi connectivity index (χ1v) is 8.45. The Morgan fingerprint density at radius 2 is 2.08 bits per heavy atom. The third kappa shape index (κ3) is 3.60. The summed E-state index contributed by atoms with van der Waals surface area (Å²) in [5.74, 6) is 1.26. The minimum Gasteiger partial charge on any atom is -0.491 e. The van der Waals surface area contributed by atoms with E-state index < -0.39 is 0 Å². The van der Waals surface area contributed by atoms with Crippen LogP contribution < -0.4 is 15.4 Å². The first-order valence-electron chi connectivity index (χ1n) is 8.45. The van der Waals surface area contributed by atoms with E-state index in [2.05, 4.69) is 20.7 Å². The number of nitrogens with one attached hydrogen (secondary N) is 2. The number of fused-ring (bicyclic) bond motifs is 4. The molecule has 134 valence electrons. The first kappa shape index (κ1) is 16.3. The van der Waals surface area contributed by atoms with Crippen molar-refractivity contribution in [2.24, 2.45) is 0 Å². The Kier molecular flexibility index (Phi) is 4.65. The van der Waals surface area contributed by atoms with Crippen LogP contribution in [-0.4, -0.2) is 53.4 Å². The Labute approximate surface area is 150 Å². The van der Waals surface area contributed by atoms with Crippen LogP contribution in [0.4, 0.5) is 5.82 Å². The van der Waals surface area contributed by atoms with Crippen molar-refractivity contribution in [2.45, 2.75) is 0 Å². The van der Waals surface area contributed by atoms with Crippen molar-refractivity contribution in [3.63, 3.8) is 0 Å². The lowest BCUT2D eigenvalue weighted by atomic mass is 10.1. The molecule has 8 heteroatoms. The normalized spacial score (nSPS) is 15.8. The average molecular weight is 353 g/mol. The summed E-state index contributed by atoms with van der Waals surface area (Å²) in [5, 5.41) is 10.2. The molecule has 0 fully saturated rings. The van der Waals surface area contributed by atoms with Crippen LogP contribution in [0.3, 0.4) is 0 Å². The molecule has 2 N–H and O–H groups in total. The number of hydrogen-bond acceptors (Lipinski definition) is 6. The van der Waals surface area contributed by atoms with Crippen LogP contribution in [0.2, 0.25) is 0 Å². The van der Waals surface area contributed by atoms with Crippen molar-refractivity contribution in [1.29, 1.82) is 0 Å². The number of carbonyl (C=O) groups excluding carboxylic acids is 1. The van der Waals surface area contributed by atoms with Crippen LogP contribution in [0.5, 0.6) is 5.75 Å². The van der Waals surface area contributed by atoms with Gasteiger partial charge in [0.15, 0.2) is 5.65 Å². The van der Waals surface area contributed by atoms with Gasteiger partial charge in [0, 0.05) is 18.3 Å². The van der Waals surface area contributed by atoms with E-state index in [-0.39, 0.29) is 12.5 Å². The van der Waals surface area contributed by atoms with Crippen LogP contribution in [0.25, 0.3) is 16.8 Å². The van der Waals surface area contributed by atoms with Gasteiger partial charge in [-0.15, -0.1) is 0 Å². The SMILES string of the molecule is O=C1CNc2ccn3ncc(c3n2)-c2cccc(c2)OCCOCCN1. The molecule has 3 aromatic rings. The van der Waals surface area contributed by atoms with Gasteiger partial charge in [0.1, 0.15) is 18.2 Å². The molecule has 0 saturated carbocycles. The molecule has 2 aromatic heterocycles. The van der Waals surface area contributed by atoms with Crippen LogP contribution in [0.15, 0.2) is 42.7 Å². The third-order valence-electron chi connectivity index (χ3n) is 4.01. The third-order valence-corrected chi connectivity index (χ3v) is 4.01. The van der Waals surface area contributed by atoms with Gasteiger partial charge in [-0.3, -0.25) is 4.79 Å². The maximum Gasteiger partial charge on any atom is 0.239 e. The van der Waals surface area contributed by atoms with Crippen molar-refractivity contribution in [3.8, 4) is 16.9 Å². The maximum absolute atomic E-state index is 11.9. The Hall–Kier alpha value is -3.13. The van der Waals surface area contributed by atoms with Crippen LogP contribution in [0, 0.1) is 0 Å². The van der Waals surface area contributed by atoms with Crippen molar-refractivity contribution in [2.75, 3.05) is 38.2 Å². The lowest BCUT2D eigenvalue weighted by Gasteiger charge is -2.09. The number of anilines is 1. The molecule has 4 rings (SSSR count). The van der Waals surface area contributed by atoms with E-state index >= 15 is 0 Å². The summed E-state index contributed by atoms with van der Waals surface area (Å²) in [7, 11) is 0. The zero-order valence-corrected chi connectivity index (χ0v) is 14.1. The molecule has 0 saturated heterocycles. The van der Waals surface area contributed by atoms with E-state index in [0.29, 0.717) is 37.8 Å². The van der Waals surface area contributed by atoms with Gasteiger partial charge in [-0.05, 0) is 23.8 Å². The Morgan fingerprint density at radius 1 is 1.12 bits per heavy atom. The second kappa shape index (κ2) is 7.40. The van der Waals surface area contributed by atoms with Crippen LogP contribution in [0.1, 0.15) is 0 Å². The smallest absolute Gasteiger partial charge is 0.239 e. The molecule has 3 heterocycles. The minimum absolute atomic E-state index is 0.115. The lowest BCUT2D eigenvalue weighted by molar-refractivity contribution is -0.119. The van der Waals surface area contributed by atoms with Gasteiger partial charge in [0.25, 0.3) is 0 Å². The summed E-state index contributed by atoms with van der Waals surface area (Å²) in [6, 6.07) is 9.58. The fourth-order valence-electron chi connectivity index (χ4n) is 2.74. The number of rotatable bonds is 0. The molecule has 26 heavy (non-hydrogen) atoms. The second-order valence-electron chi connectivity index (χ2n) is 5.83. The highest BCUT2D eigenvalue weighted by Gasteiger charge is 2.11. The molecular formula is C18H19N5O3. The molecule has 4 bridgehead atoms. The first-order chi connectivity index (χ1) is 12.8. The van der Waals surface area contributed by atoms with Gasteiger partial charge in [0.05, 0.1) is 26.0 Å². The molecule has 0 atom stereocenters. The van der Waals surface area contributed by atoms with Crippen molar-refractivity contribution < 1.29 is 14.3 Å². The molecule has 0 spiro atoms. The Morgan fingerprint density at radius 3 is 3.04 bits per heavy atom. The zero-order chi connectivity index (χ0) is 17.8. The number of benzene rings is 1. The lowest BCUT2D eigenvalue weighted by Crippen LogP contribution is -2.32. The van der Waals surface area contributed by atoms with E-state index in [1.807, 2.05) is 30.5 Å². The fraction of sp³-hybridized carbons (Fsp3) is 0.278. The zero-order valence-electron chi connectivity index (χ0n) is 14.1. The van der Waals surface area contributed by atoms with E-state index in [9.17, 15) is 4.79 Å². The van der Waals surface area contributed by atoms with Gasteiger partial charge < -0.3 is 20.1 Å². The number of hydrogen-bond donors (Lipinski definition) is 2. The van der Waals surface area contributed by atoms with Crippen molar-refractivity contribution in [1.82, 2.24) is 19.9 Å². The van der Waals surface area contributed by atoms with Gasteiger partial charge in [0.2, 0.25) is 5.91 Å². The monoisotopic (exact) mass is 353 g/mol. The van der Waals surface area contributed by atoms with E-state index in [0.717, 1.165) is 16.9 Å².